The molecule has 18 heavy (non-hydrogen) atoms. The number of thioether (sulfide) groups is 1. The van der Waals surface area contributed by atoms with Crippen LogP contribution in [0.2, 0.25) is 0 Å². The van der Waals surface area contributed by atoms with Gasteiger partial charge in [-0.15, -0.1) is 10.2 Å². The van der Waals surface area contributed by atoms with E-state index >= 15 is 0 Å². The Morgan fingerprint density at radius 2 is 2.33 bits per heavy atom. The molecular weight excluding hydrogens is 252 g/mol. The van der Waals surface area contributed by atoms with E-state index in [1.807, 2.05) is 4.57 Å². The van der Waals surface area contributed by atoms with Crippen LogP contribution in [0.5, 0.6) is 0 Å². The Bertz CT molecular complexity index is 458. The van der Waals surface area contributed by atoms with E-state index in [0.717, 1.165) is 19.3 Å². The third-order valence-corrected chi connectivity index (χ3v) is 4.25. The van der Waals surface area contributed by atoms with Gasteiger partial charge in [0.05, 0.1) is 5.75 Å². The molecule has 1 atom stereocenters. The lowest BCUT2D eigenvalue weighted by atomic mass is 9.92. The molecule has 1 fully saturated rings. The van der Waals surface area contributed by atoms with Crippen molar-refractivity contribution in [3.63, 3.8) is 0 Å². The van der Waals surface area contributed by atoms with E-state index in [4.69, 9.17) is 10.8 Å². The van der Waals surface area contributed by atoms with E-state index in [0.29, 0.717) is 16.5 Å². The molecule has 0 aliphatic heterocycles. The molecule has 1 saturated carbocycles. The number of aliphatic carboxylic acids is 1. The van der Waals surface area contributed by atoms with Crippen LogP contribution in [0.25, 0.3) is 0 Å². The first-order valence-electron chi connectivity index (χ1n) is 5.94. The van der Waals surface area contributed by atoms with Crippen LogP contribution >= 0.6 is 11.8 Å². The van der Waals surface area contributed by atoms with Gasteiger partial charge in [0.25, 0.3) is 0 Å². The maximum atomic E-state index is 10.6. The Morgan fingerprint density at radius 1 is 1.61 bits per heavy atom. The highest BCUT2D eigenvalue weighted by Crippen LogP contribution is 2.45. The number of nitrogen functional groups attached to an aromatic ring is 1. The summed E-state index contributed by atoms with van der Waals surface area (Å²) in [6.07, 6.45) is 3.20. The van der Waals surface area contributed by atoms with Gasteiger partial charge >= 0.3 is 5.97 Å². The van der Waals surface area contributed by atoms with Crippen molar-refractivity contribution in [3.05, 3.63) is 0 Å². The van der Waals surface area contributed by atoms with Crippen molar-refractivity contribution in [2.24, 2.45) is 5.41 Å². The number of nitrogens with zero attached hydrogens (tertiary/aromatic N) is 3. The van der Waals surface area contributed by atoms with Crippen molar-refractivity contribution in [2.45, 2.75) is 44.3 Å². The predicted octanol–water partition coefficient (Wildman–Crippen LogP) is 1.79. The van der Waals surface area contributed by atoms with E-state index < -0.39 is 5.97 Å². The topological polar surface area (TPSA) is 94.0 Å². The summed E-state index contributed by atoms with van der Waals surface area (Å²) in [5.41, 5.74) is 6.15. The Balaban J connectivity index is 2.17. The van der Waals surface area contributed by atoms with Gasteiger partial charge in [-0.2, -0.15) is 0 Å². The molecule has 0 radical (unpaired) electrons. The number of hydrogen-bond donors (Lipinski definition) is 2. The van der Waals surface area contributed by atoms with Gasteiger partial charge in [-0.25, -0.2) is 0 Å². The smallest absolute Gasteiger partial charge is 0.313 e. The highest BCUT2D eigenvalue weighted by Gasteiger charge is 2.34. The van der Waals surface area contributed by atoms with Crippen molar-refractivity contribution >= 4 is 23.7 Å². The first-order valence-corrected chi connectivity index (χ1v) is 6.92. The van der Waals surface area contributed by atoms with Crippen LogP contribution < -0.4 is 5.73 Å². The van der Waals surface area contributed by atoms with Crippen LogP contribution in [0.15, 0.2) is 5.16 Å². The number of anilines is 1. The zero-order valence-electron chi connectivity index (χ0n) is 10.6. The lowest BCUT2D eigenvalue weighted by molar-refractivity contribution is -0.133. The second-order valence-corrected chi connectivity index (χ2v) is 6.40. The van der Waals surface area contributed by atoms with Crippen LogP contribution in [-0.4, -0.2) is 31.6 Å². The molecule has 0 aromatic carbocycles. The minimum absolute atomic E-state index is 0.0196. The van der Waals surface area contributed by atoms with Crippen LogP contribution in [0.1, 0.15) is 39.2 Å². The summed E-state index contributed by atoms with van der Waals surface area (Å²) in [6, 6.07) is 0.284. The largest absolute Gasteiger partial charge is 0.481 e. The van der Waals surface area contributed by atoms with E-state index in [-0.39, 0.29) is 11.8 Å². The molecule has 1 aromatic rings. The Morgan fingerprint density at radius 3 is 2.89 bits per heavy atom. The average molecular weight is 270 g/mol. The number of carboxylic acid groups (broad SMARTS) is 1. The lowest BCUT2D eigenvalue weighted by Crippen LogP contribution is -2.13. The lowest BCUT2D eigenvalue weighted by Gasteiger charge is -2.19. The van der Waals surface area contributed by atoms with E-state index in [1.165, 1.54) is 11.8 Å². The maximum Gasteiger partial charge on any atom is 0.313 e. The third kappa shape index (κ3) is 2.77. The van der Waals surface area contributed by atoms with Gasteiger partial charge < -0.3 is 10.8 Å². The number of hydrogen-bond acceptors (Lipinski definition) is 5. The first-order chi connectivity index (χ1) is 8.39. The SMILES string of the molecule is CC1(C)CCC(n2c(N)nnc2SCC(=O)O)C1. The fraction of sp³-hybridized carbons (Fsp3) is 0.727. The summed E-state index contributed by atoms with van der Waals surface area (Å²) < 4.78 is 1.89. The number of nitrogens with two attached hydrogens (primary N) is 1. The first kappa shape index (κ1) is 13.2. The summed E-state index contributed by atoms with van der Waals surface area (Å²) >= 11 is 1.17. The second-order valence-electron chi connectivity index (χ2n) is 5.45. The molecule has 1 unspecified atom stereocenters. The summed E-state index contributed by atoms with van der Waals surface area (Å²) in [5.74, 6) is -0.501. The van der Waals surface area contributed by atoms with Gasteiger partial charge in [-0.1, -0.05) is 25.6 Å². The molecule has 1 aliphatic rings. The Labute approximate surface area is 110 Å². The van der Waals surface area contributed by atoms with Crippen LogP contribution in [0.4, 0.5) is 5.95 Å². The molecule has 3 N–H and O–H groups in total. The summed E-state index contributed by atoms with van der Waals surface area (Å²) in [6.45, 7) is 4.47. The van der Waals surface area contributed by atoms with Gasteiger partial charge in [-0.3, -0.25) is 9.36 Å². The fourth-order valence-electron chi connectivity index (χ4n) is 2.48. The van der Waals surface area contributed by atoms with E-state index in [1.54, 1.807) is 0 Å². The minimum Gasteiger partial charge on any atom is -0.481 e. The van der Waals surface area contributed by atoms with Crippen LogP contribution in [0, 0.1) is 5.41 Å². The number of carboxylic acids is 1. The highest BCUT2D eigenvalue weighted by atomic mass is 32.2. The highest BCUT2D eigenvalue weighted by molar-refractivity contribution is 7.99. The molecule has 1 aromatic heterocycles. The molecular formula is C11H18N4O2S. The maximum absolute atomic E-state index is 10.6. The number of rotatable bonds is 4. The second kappa shape index (κ2) is 4.79. The van der Waals surface area contributed by atoms with Crippen molar-refractivity contribution < 1.29 is 9.90 Å². The third-order valence-electron chi connectivity index (χ3n) is 3.32. The monoisotopic (exact) mass is 270 g/mol. The van der Waals surface area contributed by atoms with Gasteiger partial charge in [-0.05, 0) is 24.7 Å². The van der Waals surface area contributed by atoms with Crippen molar-refractivity contribution in [2.75, 3.05) is 11.5 Å². The molecule has 0 amide bonds. The van der Waals surface area contributed by atoms with E-state index in [2.05, 4.69) is 24.0 Å². The molecule has 6 nitrogen and oxygen atoms in total. The summed E-state index contributed by atoms with van der Waals surface area (Å²) in [5, 5.41) is 17.2. The molecule has 0 spiro atoms. The normalized spacial score (nSPS) is 22.2. The Kier molecular flexibility index (Phi) is 3.52. The van der Waals surface area contributed by atoms with Crippen molar-refractivity contribution in [1.82, 2.24) is 14.8 Å². The number of aromatic nitrogens is 3. The van der Waals surface area contributed by atoms with Crippen LogP contribution in [0.3, 0.4) is 0 Å². The van der Waals surface area contributed by atoms with Gasteiger partial charge in [0.1, 0.15) is 0 Å². The quantitative estimate of drug-likeness (QED) is 0.810. The van der Waals surface area contributed by atoms with Crippen LogP contribution in [-0.2, 0) is 4.79 Å². The Hall–Kier alpha value is -1.24. The standard InChI is InChI=1S/C11H18N4O2S/c1-11(2)4-3-7(5-11)15-9(12)13-14-10(15)18-6-8(16)17/h7H,3-6H2,1-2H3,(H2,12,13)(H,16,17). The minimum atomic E-state index is -0.861. The van der Waals surface area contributed by atoms with E-state index in [9.17, 15) is 4.79 Å². The molecule has 2 rings (SSSR count). The fourth-order valence-corrected chi connectivity index (χ4v) is 3.21. The average Bonchev–Trinajstić information content (AvgIpc) is 2.78. The summed E-state index contributed by atoms with van der Waals surface area (Å²) in [4.78, 5) is 10.6. The molecule has 1 heterocycles. The zero-order valence-corrected chi connectivity index (χ0v) is 11.4. The molecule has 0 saturated heterocycles. The molecule has 1 aliphatic carbocycles. The number of carbonyl (C=O) groups is 1. The van der Waals surface area contributed by atoms with Gasteiger partial charge in [0.2, 0.25) is 5.95 Å². The molecule has 7 heteroatoms. The molecule has 0 bridgehead atoms. The van der Waals surface area contributed by atoms with Crippen molar-refractivity contribution in [3.8, 4) is 0 Å². The molecule has 100 valence electrons. The summed E-state index contributed by atoms with van der Waals surface area (Å²) in [7, 11) is 0. The predicted molar refractivity (Wildman–Crippen MR) is 69.5 cm³/mol. The zero-order chi connectivity index (χ0) is 13.3. The van der Waals surface area contributed by atoms with Crippen molar-refractivity contribution in [1.29, 1.82) is 0 Å². The van der Waals surface area contributed by atoms with Gasteiger partial charge in [0.15, 0.2) is 5.16 Å². The van der Waals surface area contributed by atoms with Gasteiger partial charge in [0, 0.05) is 6.04 Å².